The van der Waals surface area contributed by atoms with E-state index in [4.69, 9.17) is 4.74 Å². The van der Waals surface area contributed by atoms with E-state index < -0.39 is 5.60 Å². The van der Waals surface area contributed by atoms with Crippen LogP contribution in [0.4, 0.5) is 4.79 Å². The van der Waals surface area contributed by atoms with Gasteiger partial charge in [-0.15, -0.1) is 0 Å². The molecule has 2 N–H and O–H groups in total. The average Bonchev–Trinajstić information content (AvgIpc) is 2.95. The lowest BCUT2D eigenvalue weighted by atomic mass is 10.0. The minimum atomic E-state index is -0.460. The van der Waals surface area contributed by atoms with Gasteiger partial charge in [-0.2, -0.15) is 0 Å². The maximum atomic E-state index is 12.1. The number of carbonyl (C=O) groups excluding carboxylic acids is 1. The number of H-pyrrole nitrogens is 1. The molecule has 1 aromatic heterocycles. The molecule has 2 aliphatic rings. The third kappa shape index (κ3) is 3.20. The fourth-order valence-electron chi connectivity index (χ4n) is 2.86. The van der Waals surface area contributed by atoms with Crippen molar-refractivity contribution in [3.05, 3.63) is 17.2 Å². The summed E-state index contributed by atoms with van der Waals surface area (Å²) in [5.41, 5.74) is 1.56. The van der Waals surface area contributed by atoms with Gasteiger partial charge >= 0.3 is 6.09 Å². The number of amides is 1. The molecule has 6 heteroatoms. The molecule has 0 aromatic carbocycles. The van der Waals surface area contributed by atoms with Crippen LogP contribution in [0.25, 0.3) is 0 Å². The standard InChI is InChI=1S/C15H24N4O2/c1-15(2,3)21-14(20)19-8-11-12(9-19)18-13(17-11)10-6-4-5-7-16-10/h10,16H,4-9H2,1-3H3,(H,17,18). The van der Waals surface area contributed by atoms with Gasteiger partial charge in [0.15, 0.2) is 0 Å². The van der Waals surface area contributed by atoms with Gasteiger partial charge in [0.2, 0.25) is 0 Å². The number of aromatic amines is 1. The van der Waals surface area contributed by atoms with Crippen molar-refractivity contribution >= 4 is 6.09 Å². The van der Waals surface area contributed by atoms with Gasteiger partial charge in [-0.3, -0.25) is 4.90 Å². The monoisotopic (exact) mass is 292 g/mol. The van der Waals surface area contributed by atoms with Crippen molar-refractivity contribution in [2.75, 3.05) is 6.54 Å². The third-order valence-electron chi connectivity index (χ3n) is 3.86. The highest BCUT2D eigenvalue weighted by atomic mass is 16.6. The fourth-order valence-corrected chi connectivity index (χ4v) is 2.86. The minimum absolute atomic E-state index is 0.272. The van der Waals surface area contributed by atoms with E-state index in [0.717, 1.165) is 30.2 Å². The zero-order valence-corrected chi connectivity index (χ0v) is 13.0. The number of imidazole rings is 1. The first-order chi connectivity index (χ1) is 9.92. The maximum absolute atomic E-state index is 12.1. The Labute approximate surface area is 125 Å². The summed E-state index contributed by atoms with van der Waals surface area (Å²) < 4.78 is 5.40. The van der Waals surface area contributed by atoms with Crippen LogP contribution >= 0.6 is 0 Å². The molecular weight excluding hydrogens is 268 g/mol. The number of nitrogens with zero attached hydrogens (tertiary/aromatic N) is 2. The van der Waals surface area contributed by atoms with Gasteiger partial charge in [-0.05, 0) is 40.2 Å². The summed E-state index contributed by atoms with van der Waals surface area (Å²) >= 11 is 0. The van der Waals surface area contributed by atoms with E-state index in [1.54, 1.807) is 4.90 Å². The zero-order valence-electron chi connectivity index (χ0n) is 13.0. The molecule has 116 valence electrons. The van der Waals surface area contributed by atoms with Crippen molar-refractivity contribution in [1.82, 2.24) is 20.2 Å². The molecule has 1 amide bonds. The van der Waals surface area contributed by atoms with E-state index in [1.807, 2.05) is 20.8 Å². The molecule has 0 saturated carbocycles. The maximum Gasteiger partial charge on any atom is 0.410 e. The lowest BCUT2D eigenvalue weighted by molar-refractivity contribution is 0.0238. The predicted octanol–water partition coefficient (Wildman–Crippen LogP) is 2.48. The largest absolute Gasteiger partial charge is 0.444 e. The summed E-state index contributed by atoms with van der Waals surface area (Å²) in [5, 5.41) is 3.49. The van der Waals surface area contributed by atoms with Crippen LogP contribution in [0.1, 0.15) is 63.3 Å². The van der Waals surface area contributed by atoms with Crippen molar-refractivity contribution < 1.29 is 9.53 Å². The van der Waals surface area contributed by atoms with Gasteiger partial charge in [-0.25, -0.2) is 9.78 Å². The molecule has 0 radical (unpaired) electrons. The number of fused-ring (bicyclic) bond motifs is 1. The van der Waals surface area contributed by atoms with Gasteiger partial charge in [0, 0.05) is 0 Å². The molecule has 21 heavy (non-hydrogen) atoms. The van der Waals surface area contributed by atoms with Crippen LogP contribution in [0.2, 0.25) is 0 Å². The highest BCUT2D eigenvalue weighted by Crippen LogP contribution is 2.27. The summed E-state index contributed by atoms with van der Waals surface area (Å²) in [4.78, 5) is 21.8. The van der Waals surface area contributed by atoms with E-state index in [9.17, 15) is 4.79 Å². The van der Waals surface area contributed by atoms with Crippen molar-refractivity contribution in [2.24, 2.45) is 0 Å². The summed E-state index contributed by atoms with van der Waals surface area (Å²) in [6.45, 7) is 7.79. The van der Waals surface area contributed by atoms with Crippen LogP contribution in [-0.4, -0.2) is 33.1 Å². The smallest absolute Gasteiger partial charge is 0.410 e. The Morgan fingerprint density at radius 2 is 2.14 bits per heavy atom. The first-order valence-corrected chi connectivity index (χ1v) is 7.71. The van der Waals surface area contributed by atoms with E-state index in [0.29, 0.717) is 19.1 Å². The molecule has 2 aliphatic heterocycles. The normalized spacial score (nSPS) is 22.2. The molecule has 0 aliphatic carbocycles. The quantitative estimate of drug-likeness (QED) is 0.834. The number of rotatable bonds is 1. The Morgan fingerprint density at radius 1 is 1.33 bits per heavy atom. The van der Waals surface area contributed by atoms with Crippen LogP contribution in [-0.2, 0) is 17.8 Å². The molecule has 1 atom stereocenters. The Balaban J connectivity index is 1.63. The summed E-state index contributed by atoms with van der Waals surface area (Å²) in [6.07, 6.45) is 3.34. The number of piperidine rings is 1. The van der Waals surface area contributed by atoms with Crippen molar-refractivity contribution in [2.45, 2.75) is 64.8 Å². The fraction of sp³-hybridized carbons (Fsp3) is 0.733. The Kier molecular flexibility index (Phi) is 3.65. The highest BCUT2D eigenvalue weighted by Gasteiger charge is 2.31. The molecule has 0 bridgehead atoms. The molecular formula is C15H24N4O2. The molecule has 1 unspecified atom stereocenters. The second-order valence-electron chi connectivity index (χ2n) is 6.89. The Morgan fingerprint density at radius 3 is 2.76 bits per heavy atom. The third-order valence-corrected chi connectivity index (χ3v) is 3.86. The van der Waals surface area contributed by atoms with Crippen LogP contribution in [0.15, 0.2) is 0 Å². The first-order valence-electron chi connectivity index (χ1n) is 7.71. The number of nitrogens with one attached hydrogen (secondary N) is 2. The van der Waals surface area contributed by atoms with E-state index >= 15 is 0 Å². The summed E-state index contributed by atoms with van der Waals surface area (Å²) in [7, 11) is 0. The van der Waals surface area contributed by atoms with Crippen molar-refractivity contribution in [3.8, 4) is 0 Å². The molecule has 3 rings (SSSR count). The topological polar surface area (TPSA) is 70.2 Å². The predicted molar refractivity (Wildman–Crippen MR) is 78.7 cm³/mol. The summed E-state index contributed by atoms with van der Waals surface area (Å²) in [6, 6.07) is 0.333. The lowest BCUT2D eigenvalue weighted by Gasteiger charge is -2.24. The van der Waals surface area contributed by atoms with Crippen LogP contribution < -0.4 is 5.32 Å². The first kappa shape index (κ1) is 14.4. The van der Waals surface area contributed by atoms with Gasteiger partial charge in [0.1, 0.15) is 11.4 Å². The van der Waals surface area contributed by atoms with Gasteiger partial charge in [-0.1, -0.05) is 6.42 Å². The van der Waals surface area contributed by atoms with Crippen LogP contribution in [0.5, 0.6) is 0 Å². The highest BCUT2D eigenvalue weighted by molar-refractivity contribution is 5.69. The molecule has 1 fully saturated rings. The second kappa shape index (κ2) is 5.33. The Bertz CT molecular complexity index is 503. The second-order valence-corrected chi connectivity index (χ2v) is 6.89. The van der Waals surface area contributed by atoms with E-state index in [2.05, 4.69) is 15.3 Å². The molecule has 1 aromatic rings. The number of ether oxygens (including phenoxy) is 1. The van der Waals surface area contributed by atoms with Crippen LogP contribution in [0.3, 0.4) is 0 Å². The van der Waals surface area contributed by atoms with Crippen molar-refractivity contribution in [1.29, 1.82) is 0 Å². The number of aromatic nitrogens is 2. The van der Waals surface area contributed by atoms with Gasteiger partial charge < -0.3 is 15.0 Å². The number of hydrogen-bond donors (Lipinski definition) is 2. The van der Waals surface area contributed by atoms with Crippen LogP contribution in [0, 0.1) is 0 Å². The zero-order chi connectivity index (χ0) is 15.0. The van der Waals surface area contributed by atoms with Gasteiger partial charge in [0.05, 0.1) is 30.5 Å². The molecule has 1 saturated heterocycles. The van der Waals surface area contributed by atoms with E-state index in [-0.39, 0.29) is 6.09 Å². The number of carbonyl (C=O) groups is 1. The lowest BCUT2D eigenvalue weighted by Crippen LogP contribution is -2.34. The SMILES string of the molecule is CC(C)(C)OC(=O)N1Cc2nc(C3CCCCN3)[nH]c2C1. The average molecular weight is 292 g/mol. The Hall–Kier alpha value is -1.56. The van der Waals surface area contributed by atoms with E-state index in [1.165, 1.54) is 12.8 Å². The van der Waals surface area contributed by atoms with Gasteiger partial charge in [0.25, 0.3) is 0 Å². The molecule has 6 nitrogen and oxygen atoms in total. The van der Waals surface area contributed by atoms with Crippen molar-refractivity contribution in [3.63, 3.8) is 0 Å². The number of hydrogen-bond acceptors (Lipinski definition) is 4. The molecule has 3 heterocycles. The molecule has 0 spiro atoms. The minimum Gasteiger partial charge on any atom is -0.444 e. The summed E-state index contributed by atoms with van der Waals surface area (Å²) in [5.74, 6) is 1.02.